The zero-order valence-electron chi connectivity index (χ0n) is 7.45. The van der Waals surface area contributed by atoms with E-state index < -0.39 is 6.29 Å². The fourth-order valence-electron chi connectivity index (χ4n) is 1.08. The molecule has 0 aromatic heterocycles. The van der Waals surface area contributed by atoms with Gasteiger partial charge in [-0.25, -0.2) is 0 Å². The number of aliphatic hydroxyl groups excluding tert-OH is 1. The topological polar surface area (TPSA) is 29.5 Å². The molecule has 0 aliphatic rings. The molecule has 1 aromatic carbocycles. The first-order valence-corrected chi connectivity index (χ1v) is 4.10. The smallest absolute Gasteiger partial charge is 0.181 e. The third-order valence-electron chi connectivity index (χ3n) is 1.65. The molecular formula is C10H14O2. The van der Waals surface area contributed by atoms with Crippen molar-refractivity contribution >= 4 is 0 Å². The lowest BCUT2D eigenvalue weighted by Crippen LogP contribution is -2.02. The van der Waals surface area contributed by atoms with Gasteiger partial charge in [0.1, 0.15) is 0 Å². The van der Waals surface area contributed by atoms with Crippen molar-refractivity contribution in [1.82, 2.24) is 0 Å². The van der Waals surface area contributed by atoms with Gasteiger partial charge in [-0.2, -0.15) is 0 Å². The van der Waals surface area contributed by atoms with Gasteiger partial charge in [0.15, 0.2) is 6.29 Å². The Kier molecular flexibility index (Phi) is 3.26. The quantitative estimate of drug-likeness (QED) is 0.696. The predicted octanol–water partition coefficient (Wildman–Crippen LogP) is 2.02. The monoisotopic (exact) mass is 166 g/mol. The molecule has 2 heteroatoms. The maximum atomic E-state index is 9.42. The van der Waals surface area contributed by atoms with E-state index in [4.69, 9.17) is 4.74 Å². The van der Waals surface area contributed by atoms with Crippen molar-refractivity contribution in [1.29, 1.82) is 0 Å². The van der Waals surface area contributed by atoms with Crippen LogP contribution in [0, 0.1) is 6.92 Å². The number of hydrogen-bond donors (Lipinski definition) is 1. The Bertz CT molecular complexity index is 245. The maximum Gasteiger partial charge on any atom is 0.181 e. The Labute approximate surface area is 72.8 Å². The van der Waals surface area contributed by atoms with Crippen LogP contribution in [0.1, 0.15) is 24.3 Å². The minimum Gasteiger partial charge on any atom is -0.364 e. The van der Waals surface area contributed by atoms with Crippen molar-refractivity contribution in [2.45, 2.75) is 20.1 Å². The van der Waals surface area contributed by atoms with Gasteiger partial charge in [-0.3, -0.25) is 0 Å². The maximum absolute atomic E-state index is 9.42. The van der Waals surface area contributed by atoms with E-state index in [-0.39, 0.29) is 0 Å². The number of ether oxygens (including phenoxy) is 1. The first kappa shape index (κ1) is 9.23. The van der Waals surface area contributed by atoms with Crippen LogP contribution in [0.2, 0.25) is 0 Å². The average molecular weight is 166 g/mol. The summed E-state index contributed by atoms with van der Waals surface area (Å²) in [6.45, 7) is 4.37. The summed E-state index contributed by atoms with van der Waals surface area (Å²) in [6, 6.07) is 7.67. The Morgan fingerprint density at radius 3 is 2.83 bits per heavy atom. The molecule has 12 heavy (non-hydrogen) atoms. The van der Waals surface area contributed by atoms with E-state index in [0.717, 1.165) is 11.1 Å². The third kappa shape index (κ3) is 2.32. The van der Waals surface area contributed by atoms with E-state index >= 15 is 0 Å². The third-order valence-corrected chi connectivity index (χ3v) is 1.65. The summed E-state index contributed by atoms with van der Waals surface area (Å²) in [5, 5.41) is 9.42. The van der Waals surface area contributed by atoms with Crippen LogP contribution in [-0.2, 0) is 4.74 Å². The molecule has 66 valence electrons. The SMILES string of the molecule is CCOC(O)c1cccc(C)c1. The lowest BCUT2D eigenvalue weighted by Gasteiger charge is -2.10. The fourth-order valence-corrected chi connectivity index (χ4v) is 1.08. The fraction of sp³-hybridized carbons (Fsp3) is 0.400. The first-order chi connectivity index (χ1) is 5.74. The molecule has 0 heterocycles. The van der Waals surface area contributed by atoms with Crippen LogP contribution in [0.25, 0.3) is 0 Å². The van der Waals surface area contributed by atoms with Crippen molar-refractivity contribution in [2.75, 3.05) is 6.61 Å². The second kappa shape index (κ2) is 4.24. The van der Waals surface area contributed by atoms with Gasteiger partial charge in [0, 0.05) is 12.2 Å². The lowest BCUT2D eigenvalue weighted by molar-refractivity contribution is -0.0980. The second-order valence-corrected chi connectivity index (χ2v) is 2.72. The summed E-state index contributed by atoms with van der Waals surface area (Å²) in [6.07, 6.45) is -0.783. The number of hydrogen-bond acceptors (Lipinski definition) is 2. The molecule has 0 saturated carbocycles. The predicted molar refractivity (Wildman–Crippen MR) is 47.8 cm³/mol. The molecule has 2 nitrogen and oxygen atoms in total. The van der Waals surface area contributed by atoms with Gasteiger partial charge >= 0.3 is 0 Å². The largest absolute Gasteiger partial charge is 0.364 e. The summed E-state index contributed by atoms with van der Waals surface area (Å²) in [4.78, 5) is 0. The minimum atomic E-state index is -0.783. The van der Waals surface area contributed by atoms with Crippen LogP contribution in [0.4, 0.5) is 0 Å². The molecule has 0 fully saturated rings. The molecule has 0 saturated heterocycles. The van der Waals surface area contributed by atoms with Crippen LogP contribution in [0.5, 0.6) is 0 Å². The highest BCUT2D eigenvalue weighted by atomic mass is 16.6. The van der Waals surface area contributed by atoms with Crippen LogP contribution in [0.15, 0.2) is 24.3 Å². The molecule has 0 radical (unpaired) electrons. The molecule has 1 aromatic rings. The average Bonchev–Trinajstić information content (AvgIpc) is 2.05. The van der Waals surface area contributed by atoms with E-state index in [1.807, 2.05) is 38.1 Å². The normalized spacial score (nSPS) is 12.9. The van der Waals surface area contributed by atoms with Crippen molar-refractivity contribution < 1.29 is 9.84 Å². The van der Waals surface area contributed by atoms with Crippen LogP contribution in [-0.4, -0.2) is 11.7 Å². The van der Waals surface area contributed by atoms with Gasteiger partial charge in [-0.15, -0.1) is 0 Å². The number of rotatable bonds is 3. The summed E-state index contributed by atoms with van der Waals surface area (Å²) in [5.74, 6) is 0. The minimum absolute atomic E-state index is 0.523. The van der Waals surface area contributed by atoms with E-state index in [9.17, 15) is 5.11 Å². The Morgan fingerprint density at radius 1 is 1.50 bits per heavy atom. The second-order valence-electron chi connectivity index (χ2n) is 2.72. The molecule has 1 unspecified atom stereocenters. The van der Waals surface area contributed by atoms with Crippen LogP contribution < -0.4 is 0 Å². The highest BCUT2D eigenvalue weighted by Gasteiger charge is 2.05. The van der Waals surface area contributed by atoms with Gasteiger partial charge < -0.3 is 9.84 Å². The van der Waals surface area contributed by atoms with Gasteiger partial charge in [0.25, 0.3) is 0 Å². The Morgan fingerprint density at radius 2 is 2.25 bits per heavy atom. The number of aliphatic hydroxyl groups is 1. The Hall–Kier alpha value is -0.860. The molecule has 0 amide bonds. The zero-order valence-corrected chi connectivity index (χ0v) is 7.45. The standard InChI is InChI=1S/C10H14O2/c1-3-12-10(11)9-6-4-5-8(2)7-9/h4-7,10-11H,3H2,1-2H3. The van der Waals surface area contributed by atoms with E-state index in [1.54, 1.807) is 0 Å². The molecule has 1 rings (SSSR count). The van der Waals surface area contributed by atoms with Crippen molar-refractivity contribution in [3.05, 3.63) is 35.4 Å². The van der Waals surface area contributed by atoms with Gasteiger partial charge in [0.2, 0.25) is 0 Å². The van der Waals surface area contributed by atoms with Crippen LogP contribution in [0.3, 0.4) is 0 Å². The highest BCUT2D eigenvalue weighted by Crippen LogP contribution is 2.14. The van der Waals surface area contributed by atoms with Crippen molar-refractivity contribution in [2.24, 2.45) is 0 Å². The molecule has 1 N–H and O–H groups in total. The first-order valence-electron chi connectivity index (χ1n) is 4.10. The van der Waals surface area contributed by atoms with Gasteiger partial charge in [-0.05, 0) is 13.8 Å². The molecule has 1 atom stereocenters. The number of aryl methyl sites for hydroxylation is 1. The summed E-state index contributed by atoms with van der Waals surface area (Å²) < 4.78 is 5.04. The van der Waals surface area contributed by atoms with E-state index in [1.165, 1.54) is 0 Å². The molecule has 0 bridgehead atoms. The van der Waals surface area contributed by atoms with E-state index in [2.05, 4.69) is 0 Å². The van der Waals surface area contributed by atoms with Crippen LogP contribution >= 0.6 is 0 Å². The van der Waals surface area contributed by atoms with E-state index in [0.29, 0.717) is 6.61 Å². The Balaban J connectivity index is 2.73. The summed E-state index contributed by atoms with van der Waals surface area (Å²) in [7, 11) is 0. The summed E-state index contributed by atoms with van der Waals surface area (Å²) >= 11 is 0. The highest BCUT2D eigenvalue weighted by molar-refractivity contribution is 5.22. The number of benzene rings is 1. The van der Waals surface area contributed by atoms with Gasteiger partial charge in [0.05, 0.1) is 0 Å². The summed E-state index contributed by atoms with van der Waals surface area (Å²) in [5.41, 5.74) is 1.95. The molecule has 0 aliphatic heterocycles. The lowest BCUT2D eigenvalue weighted by atomic mass is 10.1. The van der Waals surface area contributed by atoms with Crippen molar-refractivity contribution in [3.63, 3.8) is 0 Å². The van der Waals surface area contributed by atoms with Gasteiger partial charge in [-0.1, -0.05) is 29.8 Å². The molecule has 0 aliphatic carbocycles. The van der Waals surface area contributed by atoms with Crippen molar-refractivity contribution in [3.8, 4) is 0 Å². The zero-order chi connectivity index (χ0) is 8.97. The molecule has 0 spiro atoms. The molecular weight excluding hydrogens is 152 g/mol.